The van der Waals surface area contributed by atoms with Gasteiger partial charge in [0.1, 0.15) is 0 Å². The third-order valence-corrected chi connectivity index (χ3v) is 4.01. The van der Waals surface area contributed by atoms with Gasteiger partial charge in [0.15, 0.2) is 0 Å². The molecule has 0 unspecified atom stereocenters. The fourth-order valence-electron chi connectivity index (χ4n) is 2.24. The van der Waals surface area contributed by atoms with Gasteiger partial charge < -0.3 is 10.6 Å². The first-order chi connectivity index (χ1) is 12.3. The minimum absolute atomic E-state index is 0.222. The summed E-state index contributed by atoms with van der Waals surface area (Å²) in [7, 11) is 0. The number of benzene rings is 2. The first-order valence-electron chi connectivity index (χ1n) is 7.73. The number of nitrogens with one attached hydrogen (secondary N) is 2. The highest BCUT2D eigenvalue weighted by atomic mass is 79.9. The van der Waals surface area contributed by atoms with Crippen molar-refractivity contribution in [1.29, 1.82) is 0 Å². The lowest BCUT2D eigenvalue weighted by Crippen LogP contribution is -2.36. The number of hydrogen-bond donors (Lipinski definition) is 2. The molecule has 0 aliphatic heterocycles. The van der Waals surface area contributed by atoms with Gasteiger partial charge in [-0.15, -0.1) is 0 Å². The van der Waals surface area contributed by atoms with Crippen LogP contribution in [0, 0.1) is 0 Å². The summed E-state index contributed by atoms with van der Waals surface area (Å²) < 4.78 is 37.7. The minimum Gasteiger partial charge on any atom is -0.344 e. The molecule has 2 aromatic rings. The van der Waals surface area contributed by atoms with E-state index >= 15 is 0 Å². The van der Waals surface area contributed by atoms with E-state index in [-0.39, 0.29) is 18.9 Å². The molecule has 2 amide bonds. The maximum atomic E-state index is 12.3. The topological polar surface area (TPSA) is 58.2 Å². The highest BCUT2D eigenvalue weighted by Gasteiger charge is 2.38. The Morgan fingerprint density at radius 2 is 1.77 bits per heavy atom. The van der Waals surface area contributed by atoms with Crippen LogP contribution in [0.25, 0.3) is 0 Å². The van der Waals surface area contributed by atoms with Crippen LogP contribution in [0.1, 0.15) is 17.5 Å². The Hall–Kier alpha value is -2.35. The van der Waals surface area contributed by atoms with E-state index in [1.165, 1.54) is 0 Å². The summed E-state index contributed by atoms with van der Waals surface area (Å²) >= 11 is 3.36. The Labute approximate surface area is 156 Å². The number of alkyl halides is 3. The van der Waals surface area contributed by atoms with Gasteiger partial charge in [-0.25, -0.2) is 0 Å². The zero-order valence-corrected chi connectivity index (χ0v) is 15.2. The van der Waals surface area contributed by atoms with Gasteiger partial charge in [-0.05, 0) is 35.7 Å². The number of amides is 2. The third-order valence-electron chi connectivity index (χ3n) is 3.52. The fraction of sp³-hybridized carbons (Fsp3) is 0.222. The van der Waals surface area contributed by atoms with Crippen LogP contribution in [0.15, 0.2) is 53.0 Å². The van der Waals surface area contributed by atoms with Gasteiger partial charge in [0.05, 0.1) is 0 Å². The van der Waals surface area contributed by atoms with E-state index in [2.05, 4.69) is 21.2 Å². The number of carbonyl (C=O) groups excluding carboxylic acids is 2. The molecule has 0 saturated carbocycles. The van der Waals surface area contributed by atoms with Crippen molar-refractivity contribution in [3.05, 3.63) is 64.1 Å². The fourth-order valence-corrected chi connectivity index (χ4v) is 2.68. The smallest absolute Gasteiger partial charge is 0.344 e. The maximum Gasteiger partial charge on any atom is 0.471 e. The normalized spacial score (nSPS) is 11.1. The van der Waals surface area contributed by atoms with Crippen LogP contribution in [-0.4, -0.2) is 18.0 Å². The van der Waals surface area contributed by atoms with E-state index in [0.717, 1.165) is 10.0 Å². The highest BCUT2D eigenvalue weighted by molar-refractivity contribution is 9.10. The first kappa shape index (κ1) is 20.0. The molecule has 8 heteroatoms. The molecule has 0 aliphatic rings. The summed E-state index contributed by atoms with van der Waals surface area (Å²) in [6.07, 6.45) is -4.19. The van der Waals surface area contributed by atoms with E-state index in [1.54, 1.807) is 29.6 Å². The Morgan fingerprint density at radius 3 is 2.46 bits per heavy atom. The molecular weight excluding hydrogens is 413 g/mol. The van der Waals surface area contributed by atoms with Crippen LogP contribution < -0.4 is 10.6 Å². The highest BCUT2D eigenvalue weighted by Crippen LogP contribution is 2.18. The predicted octanol–water partition coefficient (Wildman–Crippen LogP) is 4.20. The minimum atomic E-state index is -4.94. The molecule has 0 heterocycles. The van der Waals surface area contributed by atoms with Crippen LogP contribution in [-0.2, 0) is 22.6 Å². The number of hydrogen-bond acceptors (Lipinski definition) is 2. The summed E-state index contributed by atoms with van der Waals surface area (Å²) in [6.45, 7) is -0.333. The van der Waals surface area contributed by atoms with Crippen LogP contribution in [0.3, 0.4) is 0 Å². The molecule has 138 valence electrons. The van der Waals surface area contributed by atoms with Crippen molar-refractivity contribution >= 4 is 33.4 Å². The van der Waals surface area contributed by atoms with Gasteiger partial charge in [0, 0.05) is 23.1 Å². The quantitative estimate of drug-likeness (QED) is 0.724. The molecule has 0 fully saturated rings. The Bertz CT molecular complexity index is 794. The SMILES string of the molecule is O=C(CCc1cccc(Br)c1)Nc1ccccc1CNC(=O)C(F)(F)F. The number of rotatable bonds is 6. The van der Waals surface area contributed by atoms with E-state index < -0.39 is 12.1 Å². The van der Waals surface area contributed by atoms with Crippen molar-refractivity contribution in [2.45, 2.75) is 25.6 Å². The summed E-state index contributed by atoms with van der Waals surface area (Å²) in [5, 5.41) is 4.47. The monoisotopic (exact) mass is 428 g/mol. The van der Waals surface area contributed by atoms with E-state index in [1.807, 2.05) is 24.3 Å². The van der Waals surface area contributed by atoms with Crippen molar-refractivity contribution in [1.82, 2.24) is 5.32 Å². The molecule has 0 bridgehead atoms. The van der Waals surface area contributed by atoms with Crippen molar-refractivity contribution in [2.75, 3.05) is 5.32 Å². The zero-order chi connectivity index (χ0) is 19.2. The molecule has 2 N–H and O–H groups in total. The lowest BCUT2D eigenvalue weighted by atomic mass is 10.1. The van der Waals surface area contributed by atoms with E-state index in [0.29, 0.717) is 17.7 Å². The lowest BCUT2D eigenvalue weighted by Gasteiger charge is -2.13. The summed E-state index contributed by atoms with van der Waals surface area (Å²) in [6, 6.07) is 14.0. The molecule has 0 aliphatic carbocycles. The average molecular weight is 429 g/mol. The molecular formula is C18H16BrF3N2O2. The van der Waals surface area contributed by atoms with E-state index in [4.69, 9.17) is 0 Å². The van der Waals surface area contributed by atoms with Crippen molar-refractivity contribution in [2.24, 2.45) is 0 Å². The number of aryl methyl sites for hydroxylation is 1. The van der Waals surface area contributed by atoms with Gasteiger partial charge in [0.25, 0.3) is 0 Å². The second-order valence-electron chi connectivity index (χ2n) is 5.52. The second kappa shape index (κ2) is 8.84. The number of anilines is 1. The van der Waals surface area contributed by atoms with Gasteiger partial charge in [-0.2, -0.15) is 13.2 Å². The Balaban J connectivity index is 1.94. The molecule has 26 heavy (non-hydrogen) atoms. The second-order valence-corrected chi connectivity index (χ2v) is 6.43. The molecule has 0 radical (unpaired) electrons. The van der Waals surface area contributed by atoms with Gasteiger partial charge in [-0.3, -0.25) is 9.59 Å². The lowest BCUT2D eigenvalue weighted by molar-refractivity contribution is -0.173. The predicted molar refractivity (Wildman–Crippen MR) is 95.4 cm³/mol. The zero-order valence-electron chi connectivity index (χ0n) is 13.6. The van der Waals surface area contributed by atoms with Crippen molar-refractivity contribution in [3.63, 3.8) is 0 Å². The molecule has 4 nitrogen and oxygen atoms in total. The molecule has 0 aromatic heterocycles. The molecule has 2 rings (SSSR count). The molecule has 0 atom stereocenters. The standard InChI is InChI=1S/C18H16BrF3N2O2/c19-14-6-3-4-12(10-14)8-9-16(25)24-15-7-2-1-5-13(15)11-23-17(26)18(20,21)22/h1-7,10H,8-9,11H2,(H,23,26)(H,24,25). The molecule has 0 saturated heterocycles. The van der Waals surface area contributed by atoms with Crippen LogP contribution in [0.2, 0.25) is 0 Å². The van der Waals surface area contributed by atoms with Crippen molar-refractivity contribution in [3.8, 4) is 0 Å². The van der Waals surface area contributed by atoms with Gasteiger partial charge >= 0.3 is 12.1 Å². The Kier molecular flexibility index (Phi) is 6.79. The van der Waals surface area contributed by atoms with Gasteiger partial charge in [-0.1, -0.05) is 46.3 Å². The van der Waals surface area contributed by atoms with Crippen LogP contribution in [0.5, 0.6) is 0 Å². The summed E-state index contributed by atoms with van der Waals surface area (Å²) in [4.78, 5) is 23.1. The average Bonchev–Trinajstić information content (AvgIpc) is 2.58. The summed E-state index contributed by atoms with van der Waals surface area (Å²) in [5.41, 5.74) is 1.75. The molecule has 0 spiro atoms. The number of halogens is 4. The van der Waals surface area contributed by atoms with E-state index in [9.17, 15) is 22.8 Å². The largest absolute Gasteiger partial charge is 0.471 e. The molecule has 2 aromatic carbocycles. The number of carbonyl (C=O) groups is 2. The third kappa shape index (κ3) is 6.18. The summed E-state index contributed by atoms with van der Waals surface area (Å²) in [5.74, 6) is -2.28. The van der Waals surface area contributed by atoms with Crippen LogP contribution in [0.4, 0.5) is 18.9 Å². The van der Waals surface area contributed by atoms with Crippen LogP contribution >= 0.6 is 15.9 Å². The number of para-hydroxylation sites is 1. The maximum absolute atomic E-state index is 12.3. The Morgan fingerprint density at radius 1 is 1.04 bits per heavy atom. The van der Waals surface area contributed by atoms with Crippen molar-refractivity contribution < 1.29 is 22.8 Å². The van der Waals surface area contributed by atoms with Gasteiger partial charge in [0.2, 0.25) is 5.91 Å². The first-order valence-corrected chi connectivity index (χ1v) is 8.52.